The molecule has 2 aliphatic rings. The normalized spacial score (nSPS) is 20.8. The number of hydrogen-bond acceptors (Lipinski definition) is 5. The van der Waals surface area contributed by atoms with Crippen molar-refractivity contribution in [2.75, 3.05) is 6.54 Å². The maximum Gasteiger partial charge on any atom is 0.410 e. The predicted molar refractivity (Wildman–Crippen MR) is 128 cm³/mol. The topological polar surface area (TPSA) is 105 Å². The van der Waals surface area contributed by atoms with E-state index >= 15 is 0 Å². The Morgan fingerprint density at radius 2 is 2.00 bits per heavy atom. The van der Waals surface area contributed by atoms with Crippen molar-refractivity contribution in [1.29, 1.82) is 0 Å². The van der Waals surface area contributed by atoms with Crippen LogP contribution in [0.15, 0.2) is 34.9 Å². The van der Waals surface area contributed by atoms with Crippen LogP contribution in [0.5, 0.6) is 0 Å². The Labute approximate surface area is 219 Å². The van der Waals surface area contributed by atoms with Gasteiger partial charge in [0, 0.05) is 32.1 Å². The number of aromatic nitrogens is 3. The Kier molecular flexibility index (Phi) is 6.97. The fourth-order valence-corrected chi connectivity index (χ4v) is 5.12. The number of oxazole rings is 1. The Bertz CT molecular complexity index is 1360. The molecule has 1 aliphatic heterocycles. The van der Waals surface area contributed by atoms with E-state index in [1.807, 2.05) is 12.2 Å². The third-order valence-electron chi connectivity index (χ3n) is 7.26. The molecule has 1 aromatic carbocycles. The maximum absolute atomic E-state index is 13.9. The lowest BCUT2D eigenvalue weighted by atomic mass is 9.82. The molecule has 0 bridgehead atoms. The van der Waals surface area contributed by atoms with E-state index in [2.05, 4.69) is 15.4 Å². The molecular weight excluding hydrogens is 527 g/mol. The van der Waals surface area contributed by atoms with Crippen molar-refractivity contribution in [2.24, 2.45) is 5.92 Å². The minimum Gasteiger partial charge on any atom is -0.438 e. The zero-order valence-corrected chi connectivity index (χ0v) is 21.0. The highest BCUT2D eigenvalue weighted by atomic mass is 19.4. The summed E-state index contributed by atoms with van der Waals surface area (Å²) in [6.07, 6.45) is -3.39. The third kappa shape index (κ3) is 5.69. The van der Waals surface area contributed by atoms with Crippen molar-refractivity contribution in [3.05, 3.63) is 47.6 Å². The Morgan fingerprint density at radius 3 is 2.67 bits per heavy atom. The summed E-state index contributed by atoms with van der Waals surface area (Å²) in [5.41, 5.74) is 1.56. The van der Waals surface area contributed by atoms with Crippen LogP contribution in [0.1, 0.15) is 60.6 Å². The number of fused-ring (bicyclic) bond motifs is 1. The van der Waals surface area contributed by atoms with Crippen molar-refractivity contribution in [3.63, 3.8) is 0 Å². The maximum atomic E-state index is 13.9. The summed E-state index contributed by atoms with van der Waals surface area (Å²) >= 11 is 0. The number of alkyl halides is 5. The van der Waals surface area contributed by atoms with E-state index in [9.17, 15) is 31.5 Å². The highest BCUT2D eigenvalue weighted by Crippen LogP contribution is 2.42. The van der Waals surface area contributed by atoms with Crippen LogP contribution in [-0.2, 0) is 13.1 Å². The molecule has 1 saturated heterocycles. The van der Waals surface area contributed by atoms with Gasteiger partial charge in [-0.2, -0.15) is 18.3 Å². The number of carbonyl (C=O) groups excluding carboxylic acids is 2. The minimum absolute atomic E-state index is 0.0740. The first kappa shape index (κ1) is 26.9. The summed E-state index contributed by atoms with van der Waals surface area (Å²) in [7, 11) is 0. The van der Waals surface area contributed by atoms with Gasteiger partial charge in [0.25, 0.3) is 5.91 Å². The summed E-state index contributed by atoms with van der Waals surface area (Å²) in [5.74, 6) is -3.43. The molecule has 1 aliphatic carbocycles. The number of rotatable bonds is 7. The van der Waals surface area contributed by atoms with Gasteiger partial charge in [0.1, 0.15) is 23.3 Å². The largest absolute Gasteiger partial charge is 0.438 e. The quantitative estimate of drug-likeness (QED) is 0.409. The highest BCUT2D eigenvalue weighted by molar-refractivity contribution is 5.92. The smallest absolute Gasteiger partial charge is 0.410 e. The van der Waals surface area contributed by atoms with Crippen LogP contribution in [-0.4, -0.2) is 56.3 Å². The Balaban J connectivity index is 1.39. The van der Waals surface area contributed by atoms with E-state index in [0.29, 0.717) is 28.9 Å². The molecule has 210 valence electrons. The summed E-state index contributed by atoms with van der Waals surface area (Å²) < 4.78 is 74.3. The standard InChI is InChI=1S/C25H27F5N6O3/c1-2-36-17(7-10-31-36)21(37)34-20(15-5-8-24(26,27)9-6-15)22-32-16-11-14(3-4-18(16)39-22)12-35-13-19(25(28,29)30)33-23(35)38/h3-4,7,10-11,15,19-20H,2,5-6,8-9,12-13H2,1H3,(H,33,38)(H,34,37). The van der Waals surface area contributed by atoms with Gasteiger partial charge in [-0.25, -0.2) is 18.6 Å². The van der Waals surface area contributed by atoms with Gasteiger partial charge in [-0.1, -0.05) is 6.07 Å². The SMILES string of the molecule is CCn1nccc1C(=O)NC(c1nc2cc(CN3CC(C(F)(F)F)NC3=O)ccc2o1)C1CCC(F)(F)CC1. The predicted octanol–water partition coefficient (Wildman–Crippen LogP) is 4.80. The second-order valence-corrected chi connectivity index (χ2v) is 9.96. The Morgan fingerprint density at radius 1 is 1.26 bits per heavy atom. The third-order valence-corrected chi connectivity index (χ3v) is 7.26. The van der Waals surface area contributed by atoms with E-state index in [1.54, 1.807) is 24.3 Å². The fourth-order valence-electron chi connectivity index (χ4n) is 5.12. The van der Waals surface area contributed by atoms with E-state index in [4.69, 9.17) is 4.42 Å². The van der Waals surface area contributed by atoms with Gasteiger partial charge in [-0.3, -0.25) is 9.48 Å². The molecule has 0 radical (unpaired) electrons. The molecule has 9 nitrogen and oxygen atoms in total. The lowest BCUT2D eigenvalue weighted by Gasteiger charge is -2.32. The molecule has 14 heteroatoms. The lowest BCUT2D eigenvalue weighted by Crippen LogP contribution is -2.40. The van der Waals surface area contributed by atoms with E-state index in [1.165, 1.54) is 10.9 Å². The first-order chi connectivity index (χ1) is 18.4. The molecule has 5 rings (SSSR count). The number of nitrogens with one attached hydrogen (secondary N) is 2. The number of amides is 3. The number of halogens is 5. The number of hydrogen-bond donors (Lipinski definition) is 2. The Hall–Kier alpha value is -3.71. The van der Waals surface area contributed by atoms with Crippen LogP contribution in [0.3, 0.4) is 0 Å². The molecule has 2 unspecified atom stereocenters. The molecule has 3 aromatic rings. The van der Waals surface area contributed by atoms with Gasteiger partial charge in [0.2, 0.25) is 11.8 Å². The van der Waals surface area contributed by atoms with Crippen molar-refractivity contribution in [2.45, 2.75) is 69.9 Å². The highest BCUT2D eigenvalue weighted by Gasteiger charge is 2.47. The first-order valence-corrected chi connectivity index (χ1v) is 12.7. The number of aryl methyl sites for hydroxylation is 1. The lowest BCUT2D eigenvalue weighted by molar-refractivity contribution is -0.149. The van der Waals surface area contributed by atoms with Crippen LogP contribution >= 0.6 is 0 Å². The molecule has 3 amide bonds. The van der Waals surface area contributed by atoms with Crippen LogP contribution in [0.4, 0.5) is 26.7 Å². The van der Waals surface area contributed by atoms with Gasteiger partial charge < -0.3 is 20.0 Å². The number of nitrogens with zero attached hydrogens (tertiary/aromatic N) is 4. The molecule has 2 aromatic heterocycles. The van der Waals surface area contributed by atoms with Crippen molar-refractivity contribution < 1.29 is 36.0 Å². The number of carbonyl (C=O) groups is 2. The van der Waals surface area contributed by atoms with Gasteiger partial charge in [-0.15, -0.1) is 0 Å². The van der Waals surface area contributed by atoms with E-state index in [0.717, 1.165) is 4.90 Å². The monoisotopic (exact) mass is 554 g/mol. The minimum atomic E-state index is -4.55. The van der Waals surface area contributed by atoms with E-state index in [-0.39, 0.29) is 44.0 Å². The van der Waals surface area contributed by atoms with Crippen LogP contribution in [0.25, 0.3) is 11.1 Å². The fraction of sp³-hybridized carbons (Fsp3) is 0.520. The number of urea groups is 1. The molecule has 3 heterocycles. The van der Waals surface area contributed by atoms with Gasteiger partial charge in [0.05, 0.1) is 6.54 Å². The van der Waals surface area contributed by atoms with Crippen molar-refractivity contribution >= 4 is 23.0 Å². The molecule has 39 heavy (non-hydrogen) atoms. The van der Waals surface area contributed by atoms with Gasteiger partial charge in [-0.05, 0) is 49.4 Å². The van der Waals surface area contributed by atoms with E-state index < -0.39 is 42.7 Å². The second-order valence-electron chi connectivity index (χ2n) is 9.96. The second kappa shape index (κ2) is 10.1. The average Bonchev–Trinajstić information content (AvgIpc) is 3.60. The summed E-state index contributed by atoms with van der Waals surface area (Å²) in [5, 5.41) is 8.93. The number of benzene rings is 1. The molecule has 2 atom stereocenters. The van der Waals surface area contributed by atoms with Crippen LogP contribution < -0.4 is 10.6 Å². The zero-order chi connectivity index (χ0) is 27.9. The molecule has 2 fully saturated rings. The molecule has 1 saturated carbocycles. The van der Waals surface area contributed by atoms with Gasteiger partial charge >= 0.3 is 12.2 Å². The summed E-state index contributed by atoms with van der Waals surface area (Å²) in [6, 6.07) is 2.79. The summed E-state index contributed by atoms with van der Waals surface area (Å²) in [6.45, 7) is 1.70. The first-order valence-electron chi connectivity index (χ1n) is 12.7. The molecule has 2 N–H and O–H groups in total. The van der Waals surface area contributed by atoms with Crippen LogP contribution in [0.2, 0.25) is 0 Å². The summed E-state index contributed by atoms with van der Waals surface area (Å²) in [4.78, 5) is 30.7. The zero-order valence-electron chi connectivity index (χ0n) is 21.0. The average molecular weight is 555 g/mol. The molecular formula is C25H27F5N6O3. The van der Waals surface area contributed by atoms with Crippen LogP contribution in [0, 0.1) is 5.92 Å². The van der Waals surface area contributed by atoms with Crippen molar-refractivity contribution in [1.82, 2.24) is 30.3 Å². The van der Waals surface area contributed by atoms with Crippen molar-refractivity contribution in [3.8, 4) is 0 Å². The molecule has 0 spiro atoms. The van der Waals surface area contributed by atoms with Gasteiger partial charge in [0.15, 0.2) is 5.58 Å².